The first-order chi connectivity index (χ1) is 12.5. The van der Waals surface area contributed by atoms with Gasteiger partial charge < -0.3 is 18.6 Å². The van der Waals surface area contributed by atoms with Gasteiger partial charge in [-0.05, 0) is 42.3 Å². The molecule has 0 N–H and O–H groups in total. The first kappa shape index (κ1) is 17.7. The Morgan fingerprint density at radius 1 is 1.08 bits per heavy atom. The smallest absolute Gasteiger partial charge is 0.387 e. The minimum atomic E-state index is -2.93. The molecule has 0 aliphatic carbocycles. The fraction of sp³-hybridized carbons (Fsp3) is 0.211. The molecule has 0 bridgehead atoms. The minimum absolute atomic E-state index is 0.0470. The molecule has 0 aliphatic rings. The molecule has 0 fully saturated rings. The average Bonchev–Trinajstić information content (AvgIpc) is 2.59. The van der Waals surface area contributed by atoms with E-state index in [1.165, 1.54) is 19.2 Å². The van der Waals surface area contributed by atoms with E-state index in [9.17, 15) is 13.6 Å². The Labute approximate surface area is 147 Å². The Balaban J connectivity index is 1.78. The zero-order chi connectivity index (χ0) is 18.7. The number of hydrogen-bond donors (Lipinski definition) is 0. The first-order valence-electron chi connectivity index (χ1n) is 7.75. The summed E-state index contributed by atoms with van der Waals surface area (Å²) in [7, 11) is 1.37. The van der Waals surface area contributed by atoms with Crippen LogP contribution in [-0.4, -0.2) is 13.7 Å². The second-order valence-electron chi connectivity index (χ2n) is 5.56. The van der Waals surface area contributed by atoms with Crippen molar-refractivity contribution in [3.63, 3.8) is 0 Å². The summed E-state index contributed by atoms with van der Waals surface area (Å²) in [5, 5.41) is 0.826. The summed E-state index contributed by atoms with van der Waals surface area (Å²) in [6.07, 6.45) is 0. The van der Waals surface area contributed by atoms with Gasteiger partial charge in [-0.2, -0.15) is 8.78 Å². The number of benzene rings is 2. The van der Waals surface area contributed by atoms with Crippen molar-refractivity contribution in [2.75, 3.05) is 7.11 Å². The molecule has 0 aliphatic heterocycles. The molecule has 1 heterocycles. The molecular weight excluding hydrogens is 346 g/mol. The second-order valence-corrected chi connectivity index (χ2v) is 5.56. The number of aryl methyl sites for hydroxylation is 1. The van der Waals surface area contributed by atoms with Gasteiger partial charge >= 0.3 is 12.2 Å². The third kappa shape index (κ3) is 3.93. The number of methoxy groups -OCH3 is 1. The Kier molecular flexibility index (Phi) is 5.06. The molecule has 2 aromatic carbocycles. The molecule has 3 aromatic rings. The van der Waals surface area contributed by atoms with Gasteiger partial charge in [0.25, 0.3) is 0 Å². The summed E-state index contributed by atoms with van der Waals surface area (Å²) >= 11 is 0. The molecule has 0 spiro atoms. The lowest BCUT2D eigenvalue weighted by Crippen LogP contribution is -2.04. The van der Waals surface area contributed by atoms with Crippen molar-refractivity contribution in [3.05, 3.63) is 64.0 Å². The maximum absolute atomic E-state index is 12.4. The molecule has 5 nitrogen and oxygen atoms in total. The van der Waals surface area contributed by atoms with Gasteiger partial charge in [0.15, 0.2) is 11.5 Å². The highest BCUT2D eigenvalue weighted by Gasteiger charge is 2.11. The first-order valence-corrected chi connectivity index (χ1v) is 7.75. The van der Waals surface area contributed by atoms with Crippen LogP contribution in [-0.2, 0) is 6.61 Å². The van der Waals surface area contributed by atoms with Crippen molar-refractivity contribution in [2.45, 2.75) is 20.1 Å². The summed E-state index contributed by atoms with van der Waals surface area (Å²) < 4.78 is 45.0. The van der Waals surface area contributed by atoms with Crippen LogP contribution in [0.25, 0.3) is 11.0 Å². The number of halogens is 2. The van der Waals surface area contributed by atoms with Crippen LogP contribution < -0.4 is 19.8 Å². The van der Waals surface area contributed by atoms with Crippen molar-refractivity contribution in [3.8, 4) is 17.2 Å². The van der Waals surface area contributed by atoms with Crippen molar-refractivity contribution < 1.29 is 27.4 Å². The van der Waals surface area contributed by atoms with Crippen molar-refractivity contribution >= 4 is 11.0 Å². The molecule has 3 rings (SSSR count). The maximum atomic E-state index is 12.4. The predicted octanol–water partition coefficient (Wildman–Crippen LogP) is 4.29. The fourth-order valence-corrected chi connectivity index (χ4v) is 2.56. The molecule has 136 valence electrons. The van der Waals surface area contributed by atoms with Crippen LogP contribution in [0.5, 0.6) is 17.2 Å². The Hall–Kier alpha value is -3.09. The summed E-state index contributed by atoms with van der Waals surface area (Å²) in [4.78, 5) is 11.5. The summed E-state index contributed by atoms with van der Waals surface area (Å²) in [5.74, 6) is 0.652. The molecule has 0 saturated heterocycles. The molecule has 26 heavy (non-hydrogen) atoms. The van der Waals surface area contributed by atoms with Gasteiger partial charge in [0.05, 0.1) is 7.11 Å². The average molecular weight is 362 g/mol. The second kappa shape index (κ2) is 7.43. The van der Waals surface area contributed by atoms with E-state index in [0.29, 0.717) is 16.9 Å². The van der Waals surface area contributed by atoms with Crippen LogP contribution in [0.15, 0.2) is 51.7 Å². The van der Waals surface area contributed by atoms with Gasteiger partial charge in [-0.3, -0.25) is 0 Å². The standard InChI is InChI=1S/C19H16F2O5/c1-11-7-18(22)25-16-9-13(4-5-14(11)16)24-10-12-3-6-15(26-19(20)21)17(8-12)23-2/h3-9,19H,10H2,1-2H3. The largest absolute Gasteiger partial charge is 0.493 e. The van der Waals surface area contributed by atoms with Crippen LogP contribution in [0.3, 0.4) is 0 Å². The van der Waals surface area contributed by atoms with E-state index in [1.54, 1.807) is 24.3 Å². The van der Waals surface area contributed by atoms with E-state index in [0.717, 1.165) is 10.9 Å². The Morgan fingerprint density at radius 3 is 2.62 bits per heavy atom. The van der Waals surface area contributed by atoms with Crippen LogP contribution in [0.2, 0.25) is 0 Å². The van der Waals surface area contributed by atoms with E-state index in [-0.39, 0.29) is 18.1 Å². The van der Waals surface area contributed by atoms with Crippen LogP contribution in [0, 0.1) is 6.92 Å². The van der Waals surface area contributed by atoms with Crippen LogP contribution >= 0.6 is 0 Å². The fourth-order valence-electron chi connectivity index (χ4n) is 2.56. The van der Waals surface area contributed by atoms with Gasteiger partial charge in [-0.15, -0.1) is 0 Å². The van der Waals surface area contributed by atoms with Crippen molar-refractivity contribution in [1.29, 1.82) is 0 Å². The van der Waals surface area contributed by atoms with Gasteiger partial charge in [0.2, 0.25) is 0 Å². The maximum Gasteiger partial charge on any atom is 0.387 e. The monoisotopic (exact) mass is 362 g/mol. The summed E-state index contributed by atoms with van der Waals surface area (Å²) in [5.41, 5.74) is 1.54. The lowest BCUT2D eigenvalue weighted by Gasteiger charge is -2.12. The number of hydrogen-bond acceptors (Lipinski definition) is 5. The summed E-state index contributed by atoms with van der Waals surface area (Å²) in [6.45, 7) is -0.927. The molecule has 0 atom stereocenters. The topological polar surface area (TPSA) is 57.9 Å². The Morgan fingerprint density at radius 2 is 1.88 bits per heavy atom. The molecule has 0 unspecified atom stereocenters. The zero-order valence-corrected chi connectivity index (χ0v) is 14.1. The quantitative estimate of drug-likeness (QED) is 0.612. The normalized spacial score (nSPS) is 11.0. The third-order valence-electron chi connectivity index (χ3n) is 3.77. The molecule has 0 saturated carbocycles. The highest BCUT2D eigenvalue weighted by Crippen LogP contribution is 2.30. The number of alkyl halides is 2. The molecular formula is C19H16F2O5. The van der Waals surface area contributed by atoms with E-state index >= 15 is 0 Å². The van der Waals surface area contributed by atoms with Gasteiger partial charge in [0, 0.05) is 17.5 Å². The summed E-state index contributed by atoms with van der Waals surface area (Å²) in [6, 6.07) is 11.2. The van der Waals surface area contributed by atoms with Crippen LogP contribution in [0.4, 0.5) is 8.78 Å². The highest BCUT2D eigenvalue weighted by molar-refractivity contribution is 5.81. The zero-order valence-electron chi connectivity index (χ0n) is 14.1. The highest BCUT2D eigenvalue weighted by atomic mass is 19.3. The molecule has 0 radical (unpaired) electrons. The van der Waals surface area contributed by atoms with Gasteiger partial charge in [-0.25, -0.2) is 4.79 Å². The third-order valence-corrected chi connectivity index (χ3v) is 3.77. The number of rotatable bonds is 6. The number of ether oxygens (including phenoxy) is 3. The lowest BCUT2D eigenvalue weighted by atomic mass is 10.1. The minimum Gasteiger partial charge on any atom is -0.493 e. The van der Waals surface area contributed by atoms with Crippen LogP contribution in [0.1, 0.15) is 11.1 Å². The predicted molar refractivity (Wildman–Crippen MR) is 91.2 cm³/mol. The lowest BCUT2D eigenvalue weighted by molar-refractivity contribution is -0.0512. The SMILES string of the molecule is COc1cc(COc2ccc3c(C)cc(=O)oc3c2)ccc1OC(F)F. The van der Waals surface area contributed by atoms with Gasteiger partial charge in [-0.1, -0.05) is 6.07 Å². The number of fused-ring (bicyclic) bond motifs is 1. The van der Waals surface area contributed by atoms with Crippen molar-refractivity contribution in [2.24, 2.45) is 0 Å². The van der Waals surface area contributed by atoms with Crippen molar-refractivity contribution in [1.82, 2.24) is 0 Å². The Bertz CT molecular complexity index is 981. The molecule has 1 aromatic heterocycles. The molecule has 0 amide bonds. The molecule has 7 heteroatoms. The van der Waals surface area contributed by atoms with Gasteiger partial charge in [0.1, 0.15) is 17.9 Å². The van der Waals surface area contributed by atoms with E-state index in [1.807, 2.05) is 13.0 Å². The van der Waals surface area contributed by atoms with E-state index in [2.05, 4.69) is 4.74 Å². The van der Waals surface area contributed by atoms with E-state index in [4.69, 9.17) is 13.9 Å². The van der Waals surface area contributed by atoms with E-state index < -0.39 is 12.2 Å².